The van der Waals surface area contributed by atoms with Crippen molar-refractivity contribution in [1.29, 1.82) is 0 Å². The van der Waals surface area contributed by atoms with E-state index in [9.17, 15) is 9.59 Å². The van der Waals surface area contributed by atoms with Gasteiger partial charge in [0.1, 0.15) is 5.00 Å². The molecule has 0 aliphatic carbocycles. The summed E-state index contributed by atoms with van der Waals surface area (Å²) in [5.74, 6) is 0.362. The predicted octanol–water partition coefficient (Wildman–Crippen LogP) is 5.00. The summed E-state index contributed by atoms with van der Waals surface area (Å²) in [6.07, 6.45) is 0.936. The fourth-order valence-corrected chi connectivity index (χ4v) is 5.22. The molecule has 7 nitrogen and oxygen atoms in total. The molecule has 0 saturated carbocycles. The van der Waals surface area contributed by atoms with Crippen molar-refractivity contribution in [2.75, 3.05) is 17.7 Å². The number of rotatable bonds is 9. The summed E-state index contributed by atoms with van der Waals surface area (Å²) < 4.78 is 7.13. The van der Waals surface area contributed by atoms with Crippen LogP contribution in [-0.2, 0) is 16.1 Å². The summed E-state index contributed by atoms with van der Waals surface area (Å²) in [7, 11) is 0. The van der Waals surface area contributed by atoms with Gasteiger partial charge in [0.15, 0.2) is 11.0 Å². The molecule has 0 atom stereocenters. The van der Waals surface area contributed by atoms with E-state index in [1.807, 2.05) is 6.92 Å². The molecule has 3 aromatic heterocycles. The molecule has 160 valence electrons. The van der Waals surface area contributed by atoms with E-state index < -0.39 is 5.97 Å². The molecule has 10 heteroatoms. The Labute approximate surface area is 187 Å². The van der Waals surface area contributed by atoms with Gasteiger partial charge in [-0.1, -0.05) is 18.7 Å². The number of hydrogen-bond acceptors (Lipinski definition) is 8. The Bertz CT molecular complexity index is 1040. The van der Waals surface area contributed by atoms with Crippen molar-refractivity contribution in [3.63, 3.8) is 0 Å². The largest absolute Gasteiger partial charge is 0.462 e. The van der Waals surface area contributed by atoms with Crippen molar-refractivity contribution in [1.82, 2.24) is 14.8 Å². The third kappa shape index (κ3) is 5.30. The van der Waals surface area contributed by atoms with Gasteiger partial charge in [0.05, 0.1) is 17.9 Å². The number of nitrogens with one attached hydrogen (secondary N) is 1. The van der Waals surface area contributed by atoms with Crippen LogP contribution in [0.1, 0.15) is 40.4 Å². The molecule has 1 N–H and O–H groups in total. The molecule has 0 aliphatic heterocycles. The van der Waals surface area contributed by atoms with Gasteiger partial charge >= 0.3 is 5.97 Å². The lowest BCUT2D eigenvalue weighted by molar-refractivity contribution is -0.113. The Morgan fingerprint density at radius 1 is 1.20 bits per heavy atom. The van der Waals surface area contributed by atoms with E-state index >= 15 is 0 Å². The number of esters is 1. The fourth-order valence-electron chi connectivity index (χ4n) is 2.86. The van der Waals surface area contributed by atoms with Crippen LogP contribution in [0.2, 0.25) is 0 Å². The SMILES string of the molecule is CCCn1c(SCC(=O)Nc2sc(C)cc2C(=O)OCC)nnc1-c1csc(C)c1. The Morgan fingerprint density at radius 3 is 2.67 bits per heavy atom. The quantitative estimate of drug-likeness (QED) is 0.354. The second-order valence-electron chi connectivity index (χ2n) is 6.56. The van der Waals surface area contributed by atoms with Crippen LogP contribution in [0.25, 0.3) is 11.4 Å². The van der Waals surface area contributed by atoms with E-state index in [4.69, 9.17) is 4.74 Å². The van der Waals surface area contributed by atoms with E-state index in [1.165, 1.54) is 28.0 Å². The molecule has 3 aromatic rings. The number of nitrogens with zero attached hydrogens (tertiary/aromatic N) is 3. The number of hydrogen-bond donors (Lipinski definition) is 1. The summed E-state index contributed by atoms with van der Waals surface area (Å²) in [6.45, 7) is 8.86. The number of thiophene rings is 2. The van der Waals surface area contributed by atoms with Crippen LogP contribution in [0.4, 0.5) is 5.00 Å². The average Bonchev–Trinajstić information content (AvgIpc) is 3.39. The van der Waals surface area contributed by atoms with Crippen molar-refractivity contribution < 1.29 is 14.3 Å². The highest BCUT2D eigenvalue weighted by molar-refractivity contribution is 7.99. The Kier molecular flexibility index (Phi) is 7.68. The van der Waals surface area contributed by atoms with E-state index in [0.717, 1.165) is 29.2 Å². The van der Waals surface area contributed by atoms with Gasteiger partial charge < -0.3 is 14.6 Å². The number of ether oxygens (including phenoxy) is 1. The molecule has 0 saturated heterocycles. The molecule has 0 fully saturated rings. The molecule has 0 radical (unpaired) electrons. The molecule has 30 heavy (non-hydrogen) atoms. The van der Waals surface area contributed by atoms with Gasteiger partial charge in [-0.05, 0) is 39.3 Å². The van der Waals surface area contributed by atoms with Crippen LogP contribution >= 0.6 is 34.4 Å². The lowest BCUT2D eigenvalue weighted by Crippen LogP contribution is -2.16. The monoisotopic (exact) mass is 464 g/mol. The zero-order chi connectivity index (χ0) is 21.7. The zero-order valence-corrected chi connectivity index (χ0v) is 19.8. The maximum absolute atomic E-state index is 12.5. The molecule has 0 aromatic carbocycles. The minimum Gasteiger partial charge on any atom is -0.462 e. The number of aryl methyl sites for hydroxylation is 2. The number of thioether (sulfide) groups is 1. The van der Waals surface area contributed by atoms with E-state index in [-0.39, 0.29) is 18.3 Å². The molecule has 3 heterocycles. The van der Waals surface area contributed by atoms with Crippen LogP contribution in [0, 0.1) is 13.8 Å². The molecule has 1 amide bonds. The second-order valence-corrected chi connectivity index (χ2v) is 9.88. The summed E-state index contributed by atoms with van der Waals surface area (Å²) in [5.41, 5.74) is 1.44. The summed E-state index contributed by atoms with van der Waals surface area (Å²) >= 11 is 4.37. The molecule has 0 bridgehead atoms. The van der Waals surface area contributed by atoms with Crippen molar-refractivity contribution in [2.24, 2.45) is 0 Å². The third-order valence-electron chi connectivity index (χ3n) is 4.09. The first kappa shape index (κ1) is 22.5. The molecule has 3 rings (SSSR count). The smallest absolute Gasteiger partial charge is 0.341 e. The van der Waals surface area contributed by atoms with Crippen molar-refractivity contribution in [3.05, 3.63) is 32.8 Å². The van der Waals surface area contributed by atoms with Gasteiger partial charge in [-0.15, -0.1) is 32.9 Å². The van der Waals surface area contributed by atoms with Gasteiger partial charge in [0.2, 0.25) is 5.91 Å². The highest BCUT2D eigenvalue weighted by Gasteiger charge is 2.19. The number of carbonyl (C=O) groups excluding carboxylic acids is 2. The van der Waals surface area contributed by atoms with E-state index in [2.05, 4.69) is 45.4 Å². The van der Waals surface area contributed by atoms with Crippen molar-refractivity contribution in [3.8, 4) is 11.4 Å². The number of aromatic nitrogens is 3. The maximum Gasteiger partial charge on any atom is 0.341 e. The normalized spacial score (nSPS) is 10.9. The highest BCUT2D eigenvalue weighted by atomic mass is 32.2. The van der Waals surface area contributed by atoms with Crippen LogP contribution < -0.4 is 5.32 Å². The van der Waals surface area contributed by atoms with Gasteiger partial charge in [0.25, 0.3) is 0 Å². The number of carbonyl (C=O) groups is 2. The lowest BCUT2D eigenvalue weighted by Gasteiger charge is -2.08. The molecular weight excluding hydrogens is 440 g/mol. The number of amides is 1. The second kappa shape index (κ2) is 10.2. The van der Waals surface area contributed by atoms with Crippen molar-refractivity contribution >= 4 is 51.3 Å². The minimum absolute atomic E-state index is 0.170. The predicted molar refractivity (Wildman–Crippen MR) is 123 cm³/mol. The molecule has 0 unspecified atom stereocenters. The minimum atomic E-state index is -0.428. The molecule has 0 aliphatic rings. The summed E-state index contributed by atoms with van der Waals surface area (Å²) in [5, 5.41) is 14.8. The summed E-state index contributed by atoms with van der Waals surface area (Å²) in [6, 6.07) is 3.83. The Balaban J connectivity index is 1.70. The van der Waals surface area contributed by atoms with Crippen LogP contribution in [-0.4, -0.2) is 39.0 Å². The van der Waals surface area contributed by atoms with Crippen LogP contribution in [0.3, 0.4) is 0 Å². The first-order chi connectivity index (χ1) is 14.4. The third-order valence-corrected chi connectivity index (χ3v) is 6.88. The number of anilines is 1. The Hall–Kier alpha value is -2.17. The average molecular weight is 465 g/mol. The summed E-state index contributed by atoms with van der Waals surface area (Å²) in [4.78, 5) is 26.8. The maximum atomic E-state index is 12.5. The molecular formula is C20H24N4O3S3. The topological polar surface area (TPSA) is 86.1 Å². The van der Waals surface area contributed by atoms with Gasteiger partial charge in [-0.3, -0.25) is 4.79 Å². The van der Waals surface area contributed by atoms with E-state index in [1.54, 1.807) is 24.3 Å². The fraction of sp³-hybridized carbons (Fsp3) is 0.400. The highest BCUT2D eigenvalue weighted by Crippen LogP contribution is 2.30. The lowest BCUT2D eigenvalue weighted by atomic mass is 10.3. The van der Waals surface area contributed by atoms with Crippen molar-refractivity contribution in [2.45, 2.75) is 45.8 Å². The standard InChI is InChI=1S/C20H24N4O3S3/c1-5-7-24-17(14-8-12(3)28-10-14)22-23-20(24)29-11-16(25)21-18-15(9-13(4)30-18)19(26)27-6-2/h8-10H,5-7,11H2,1-4H3,(H,21,25). The first-order valence-corrected chi connectivity index (χ1v) is 12.3. The van der Waals surface area contributed by atoms with Crippen LogP contribution in [0.5, 0.6) is 0 Å². The van der Waals surface area contributed by atoms with Gasteiger partial charge in [-0.25, -0.2) is 4.79 Å². The molecule has 0 spiro atoms. The zero-order valence-electron chi connectivity index (χ0n) is 17.4. The van der Waals surface area contributed by atoms with E-state index in [0.29, 0.717) is 15.7 Å². The Morgan fingerprint density at radius 2 is 2.00 bits per heavy atom. The van der Waals surface area contributed by atoms with Gasteiger partial charge in [0, 0.05) is 27.2 Å². The van der Waals surface area contributed by atoms with Crippen LogP contribution in [0.15, 0.2) is 22.7 Å². The van der Waals surface area contributed by atoms with Gasteiger partial charge in [-0.2, -0.15) is 0 Å². The first-order valence-electron chi connectivity index (χ1n) is 9.61.